The number of rotatable bonds is 6. The largest absolute Gasteiger partial charge is 0.469 e. The molecule has 4 nitrogen and oxygen atoms in total. The molecule has 128 valence electrons. The minimum atomic E-state index is -0.219. The fourth-order valence-electron chi connectivity index (χ4n) is 3.27. The molecule has 0 spiro atoms. The maximum Gasteiger partial charge on any atom is 0.310 e. The Morgan fingerprint density at radius 2 is 2.08 bits per heavy atom. The van der Waals surface area contributed by atoms with Crippen LogP contribution in [0.1, 0.15) is 30.7 Å². The zero-order chi connectivity index (χ0) is 17.9. The first-order chi connectivity index (χ1) is 12.0. The van der Waals surface area contributed by atoms with Crippen molar-refractivity contribution in [3.05, 3.63) is 71.7 Å². The molecule has 0 saturated heterocycles. The Kier molecular flexibility index (Phi) is 4.76. The van der Waals surface area contributed by atoms with Gasteiger partial charge in [0.05, 0.1) is 18.3 Å². The molecular weight excluding hydrogens is 314 g/mol. The van der Waals surface area contributed by atoms with Gasteiger partial charge < -0.3 is 9.15 Å². The van der Waals surface area contributed by atoms with Gasteiger partial charge in [-0.2, -0.15) is 5.26 Å². The van der Waals surface area contributed by atoms with Crippen LogP contribution in [0.25, 0.3) is 0 Å². The molecule has 0 bridgehead atoms. The number of hydrogen-bond acceptors (Lipinski definition) is 4. The summed E-state index contributed by atoms with van der Waals surface area (Å²) in [6.45, 7) is 4.24. The van der Waals surface area contributed by atoms with Crippen molar-refractivity contribution in [3.63, 3.8) is 0 Å². The molecule has 1 aliphatic carbocycles. The van der Waals surface area contributed by atoms with Crippen molar-refractivity contribution in [3.8, 4) is 6.07 Å². The molecule has 0 aliphatic heterocycles. The van der Waals surface area contributed by atoms with E-state index in [2.05, 4.69) is 0 Å². The minimum absolute atomic E-state index is 0.0673. The molecule has 1 aromatic heterocycles. The van der Waals surface area contributed by atoms with Gasteiger partial charge in [-0.1, -0.05) is 50.3 Å². The lowest BCUT2D eigenvalue weighted by Gasteiger charge is -2.03. The molecule has 1 aromatic carbocycles. The number of carbonyl (C=O) groups excluding carboxylic acids is 1. The van der Waals surface area contributed by atoms with E-state index in [0.29, 0.717) is 6.42 Å². The number of benzene rings is 1. The van der Waals surface area contributed by atoms with Gasteiger partial charge in [0.1, 0.15) is 12.4 Å². The number of carbonyl (C=O) groups is 1. The zero-order valence-corrected chi connectivity index (χ0v) is 14.4. The lowest BCUT2D eigenvalue weighted by molar-refractivity contribution is -0.147. The van der Waals surface area contributed by atoms with Crippen LogP contribution >= 0.6 is 0 Å². The normalized spacial score (nSPS) is 21.0. The quantitative estimate of drug-likeness (QED) is 0.584. The number of nitriles is 1. The van der Waals surface area contributed by atoms with E-state index in [0.717, 1.165) is 11.3 Å². The van der Waals surface area contributed by atoms with Crippen LogP contribution in [0.4, 0.5) is 0 Å². The zero-order valence-electron chi connectivity index (χ0n) is 14.4. The highest BCUT2D eigenvalue weighted by atomic mass is 16.5. The van der Waals surface area contributed by atoms with E-state index in [1.54, 1.807) is 12.3 Å². The summed E-state index contributed by atoms with van der Waals surface area (Å²) in [6.07, 6.45) is 5.58. The summed E-state index contributed by atoms with van der Waals surface area (Å²) in [5, 5.41) is 8.63. The van der Waals surface area contributed by atoms with Crippen LogP contribution in [0, 0.1) is 28.6 Å². The second-order valence-electron chi connectivity index (χ2n) is 7.00. The van der Waals surface area contributed by atoms with Gasteiger partial charge in [-0.25, -0.2) is 0 Å². The van der Waals surface area contributed by atoms with Gasteiger partial charge in [0.15, 0.2) is 0 Å². The van der Waals surface area contributed by atoms with Gasteiger partial charge in [-0.05, 0) is 23.0 Å². The van der Waals surface area contributed by atoms with Gasteiger partial charge >= 0.3 is 5.97 Å². The van der Waals surface area contributed by atoms with E-state index < -0.39 is 0 Å². The summed E-state index contributed by atoms with van der Waals surface area (Å²) in [4.78, 5) is 12.3. The van der Waals surface area contributed by atoms with Crippen LogP contribution in [-0.2, 0) is 22.6 Å². The predicted octanol–water partition coefficient (Wildman–Crippen LogP) is 4.27. The maximum atomic E-state index is 12.3. The molecule has 2 atom stereocenters. The molecule has 4 heteroatoms. The first-order valence-corrected chi connectivity index (χ1v) is 8.35. The summed E-state index contributed by atoms with van der Waals surface area (Å²) in [5.74, 6) is 0.507. The Balaban J connectivity index is 1.53. The average molecular weight is 335 g/mol. The van der Waals surface area contributed by atoms with Gasteiger partial charge in [0.2, 0.25) is 0 Å². The summed E-state index contributed by atoms with van der Waals surface area (Å²) in [7, 11) is 0. The Morgan fingerprint density at radius 1 is 1.32 bits per heavy atom. The van der Waals surface area contributed by atoms with E-state index in [4.69, 9.17) is 14.4 Å². The highest BCUT2D eigenvalue weighted by Crippen LogP contribution is 2.59. The number of ether oxygens (including phenoxy) is 1. The third-order valence-corrected chi connectivity index (χ3v) is 4.85. The number of nitrogens with zero attached hydrogens (tertiary/aromatic N) is 1. The third kappa shape index (κ3) is 3.83. The second-order valence-corrected chi connectivity index (χ2v) is 7.00. The van der Waals surface area contributed by atoms with E-state index in [9.17, 15) is 4.79 Å². The van der Waals surface area contributed by atoms with Gasteiger partial charge in [-0.15, -0.1) is 0 Å². The van der Waals surface area contributed by atoms with Crippen LogP contribution in [0.15, 0.2) is 59.2 Å². The number of esters is 1. The SMILES string of the molecule is CC1(C)C(/C=C\C#N)C1C(=O)OCc1coc(Cc2ccccc2)c1. The Labute approximate surface area is 147 Å². The number of furan rings is 1. The number of hydrogen-bond donors (Lipinski definition) is 0. The third-order valence-electron chi connectivity index (χ3n) is 4.85. The molecule has 0 N–H and O–H groups in total. The molecule has 3 rings (SSSR count). The molecular formula is C21H21NO3. The lowest BCUT2D eigenvalue weighted by Crippen LogP contribution is -2.10. The van der Waals surface area contributed by atoms with Crippen molar-refractivity contribution in [1.29, 1.82) is 5.26 Å². The number of allylic oxidation sites excluding steroid dienone is 2. The molecule has 0 amide bonds. The lowest BCUT2D eigenvalue weighted by atomic mass is 10.1. The van der Waals surface area contributed by atoms with Crippen molar-refractivity contribution in [2.45, 2.75) is 26.9 Å². The molecule has 1 fully saturated rings. The van der Waals surface area contributed by atoms with Gasteiger partial charge in [-0.3, -0.25) is 4.79 Å². The summed E-state index contributed by atoms with van der Waals surface area (Å²) >= 11 is 0. The van der Waals surface area contributed by atoms with Crippen molar-refractivity contribution >= 4 is 5.97 Å². The summed E-state index contributed by atoms with van der Waals surface area (Å²) in [6, 6.07) is 14.0. The first kappa shape index (κ1) is 17.0. The van der Waals surface area contributed by atoms with Gasteiger partial charge in [0, 0.05) is 18.1 Å². The first-order valence-electron chi connectivity index (χ1n) is 8.35. The van der Waals surface area contributed by atoms with Crippen molar-refractivity contribution in [2.75, 3.05) is 0 Å². The molecule has 1 heterocycles. The topological polar surface area (TPSA) is 63.2 Å². The van der Waals surface area contributed by atoms with Crippen molar-refractivity contribution in [1.82, 2.24) is 0 Å². The van der Waals surface area contributed by atoms with Crippen molar-refractivity contribution < 1.29 is 13.9 Å². The molecule has 1 saturated carbocycles. The standard InChI is InChI=1S/C21H21NO3/c1-21(2)18(9-6-10-22)19(21)20(23)25-14-16-12-17(24-13-16)11-15-7-4-3-5-8-15/h3-9,12-13,18-19H,11,14H2,1-2H3/b9-6-. The van der Waals surface area contributed by atoms with Crippen molar-refractivity contribution in [2.24, 2.45) is 17.3 Å². The van der Waals surface area contributed by atoms with Crippen LogP contribution in [0.2, 0.25) is 0 Å². The highest BCUT2D eigenvalue weighted by molar-refractivity contribution is 5.78. The monoisotopic (exact) mass is 335 g/mol. The second kappa shape index (κ2) is 6.98. The molecule has 1 aliphatic rings. The van der Waals surface area contributed by atoms with Crippen LogP contribution < -0.4 is 0 Å². The molecule has 0 radical (unpaired) electrons. The molecule has 2 aromatic rings. The Hall–Kier alpha value is -2.80. The Morgan fingerprint density at radius 3 is 2.80 bits per heavy atom. The fourth-order valence-corrected chi connectivity index (χ4v) is 3.27. The summed E-state index contributed by atoms with van der Waals surface area (Å²) < 4.78 is 11.0. The van der Waals surface area contributed by atoms with Crippen LogP contribution in [0.3, 0.4) is 0 Å². The predicted molar refractivity (Wildman–Crippen MR) is 93.3 cm³/mol. The fraction of sp³-hybridized carbons (Fsp3) is 0.333. The summed E-state index contributed by atoms with van der Waals surface area (Å²) in [5.41, 5.74) is 1.87. The van der Waals surface area contributed by atoms with E-state index >= 15 is 0 Å². The van der Waals surface area contributed by atoms with Gasteiger partial charge in [0.25, 0.3) is 0 Å². The van der Waals surface area contributed by atoms with E-state index in [-0.39, 0.29) is 29.8 Å². The highest BCUT2D eigenvalue weighted by Gasteiger charge is 2.61. The minimum Gasteiger partial charge on any atom is -0.469 e. The smallest absolute Gasteiger partial charge is 0.310 e. The Bertz CT molecular complexity index is 811. The van der Waals surface area contributed by atoms with Crippen LogP contribution in [0.5, 0.6) is 0 Å². The average Bonchev–Trinajstić information content (AvgIpc) is 2.92. The van der Waals surface area contributed by atoms with E-state index in [1.165, 1.54) is 11.6 Å². The maximum absolute atomic E-state index is 12.3. The van der Waals surface area contributed by atoms with E-state index in [1.807, 2.05) is 56.3 Å². The molecule has 25 heavy (non-hydrogen) atoms. The molecule has 2 unspecified atom stereocenters. The van der Waals surface area contributed by atoms with Crippen LogP contribution in [-0.4, -0.2) is 5.97 Å².